The average Bonchev–Trinajstić information content (AvgIpc) is 2.47. The molecule has 0 bridgehead atoms. The molecule has 1 saturated carbocycles. The molecule has 1 aromatic rings. The molecule has 1 aliphatic rings. The van der Waals surface area contributed by atoms with Gasteiger partial charge in [-0.2, -0.15) is 13.2 Å². The second-order valence-electron chi connectivity index (χ2n) is 5.32. The molecule has 1 aromatic carbocycles. The highest BCUT2D eigenvalue weighted by atomic mass is 32.1. The first kappa shape index (κ1) is 16.7. The maximum Gasteiger partial charge on any atom is 0.418 e. The molecule has 1 amide bonds. The van der Waals surface area contributed by atoms with Crippen molar-refractivity contribution in [2.75, 3.05) is 5.32 Å². The molecule has 0 saturated heterocycles. The van der Waals surface area contributed by atoms with Gasteiger partial charge in [-0.1, -0.05) is 31.4 Å². The molecule has 0 unspecified atom stereocenters. The number of alkyl halides is 3. The number of carbonyl (C=O) groups excluding carboxylic acids is 1. The summed E-state index contributed by atoms with van der Waals surface area (Å²) in [5.74, 6) is -0.326. The van der Waals surface area contributed by atoms with Crippen LogP contribution in [-0.2, 0) is 11.0 Å². The smallest absolute Gasteiger partial charge is 0.332 e. The van der Waals surface area contributed by atoms with E-state index in [1.54, 1.807) is 0 Å². The van der Waals surface area contributed by atoms with Crippen molar-refractivity contribution in [3.8, 4) is 0 Å². The first-order valence-corrected chi connectivity index (χ1v) is 7.57. The summed E-state index contributed by atoms with van der Waals surface area (Å²) in [6.07, 6.45) is 0.226. The van der Waals surface area contributed by atoms with E-state index in [0.717, 1.165) is 38.2 Å². The summed E-state index contributed by atoms with van der Waals surface area (Å²) in [5.41, 5.74) is -0.979. The van der Waals surface area contributed by atoms with Crippen molar-refractivity contribution in [1.82, 2.24) is 5.32 Å². The molecule has 0 aliphatic heterocycles. The van der Waals surface area contributed by atoms with E-state index in [2.05, 4.69) is 10.6 Å². The summed E-state index contributed by atoms with van der Waals surface area (Å²) < 4.78 is 38.6. The molecular weight excluding hydrogens is 313 g/mol. The number of amides is 1. The van der Waals surface area contributed by atoms with Crippen LogP contribution in [0.4, 0.5) is 18.9 Å². The zero-order valence-electron chi connectivity index (χ0n) is 11.9. The lowest BCUT2D eigenvalue weighted by Crippen LogP contribution is -2.39. The van der Waals surface area contributed by atoms with Crippen LogP contribution in [-0.4, -0.2) is 11.0 Å². The maximum absolute atomic E-state index is 12.9. The molecule has 2 rings (SSSR count). The van der Waals surface area contributed by atoms with Crippen LogP contribution >= 0.6 is 12.2 Å². The van der Waals surface area contributed by atoms with Gasteiger partial charge in [0.25, 0.3) is 0 Å². The lowest BCUT2D eigenvalue weighted by molar-refractivity contribution is -0.136. The first-order chi connectivity index (χ1) is 10.4. The van der Waals surface area contributed by atoms with E-state index < -0.39 is 11.7 Å². The van der Waals surface area contributed by atoms with Gasteiger partial charge in [0.05, 0.1) is 11.3 Å². The van der Waals surface area contributed by atoms with Crippen LogP contribution in [0.5, 0.6) is 0 Å². The SMILES string of the molecule is O=C(NC(=S)Nc1ccccc1C(F)(F)F)C1CCCCC1. The summed E-state index contributed by atoms with van der Waals surface area (Å²) in [6.45, 7) is 0. The molecule has 22 heavy (non-hydrogen) atoms. The van der Waals surface area contributed by atoms with Crippen molar-refractivity contribution < 1.29 is 18.0 Å². The lowest BCUT2D eigenvalue weighted by Gasteiger charge is -2.21. The normalized spacial score (nSPS) is 16.1. The largest absolute Gasteiger partial charge is 0.418 e. The average molecular weight is 330 g/mol. The number of rotatable bonds is 2. The minimum absolute atomic E-state index is 0.104. The highest BCUT2D eigenvalue weighted by molar-refractivity contribution is 7.80. The first-order valence-electron chi connectivity index (χ1n) is 7.16. The highest BCUT2D eigenvalue weighted by Crippen LogP contribution is 2.34. The molecule has 1 fully saturated rings. The van der Waals surface area contributed by atoms with Gasteiger partial charge in [0.2, 0.25) is 5.91 Å². The van der Waals surface area contributed by atoms with Gasteiger partial charge in [0.15, 0.2) is 5.11 Å². The zero-order chi connectivity index (χ0) is 16.2. The van der Waals surface area contributed by atoms with Gasteiger partial charge in [-0.15, -0.1) is 0 Å². The number of anilines is 1. The van der Waals surface area contributed by atoms with E-state index >= 15 is 0 Å². The second-order valence-corrected chi connectivity index (χ2v) is 5.73. The number of carbonyl (C=O) groups is 1. The van der Waals surface area contributed by atoms with Crippen LogP contribution in [0.25, 0.3) is 0 Å². The quantitative estimate of drug-likeness (QED) is 0.802. The predicted octanol–water partition coefficient (Wildman–Crippen LogP) is 4.10. The van der Waals surface area contributed by atoms with Crippen LogP contribution in [0.1, 0.15) is 37.7 Å². The van der Waals surface area contributed by atoms with Gasteiger partial charge in [-0.05, 0) is 37.2 Å². The Bertz CT molecular complexity index is 554. The highest BCUT2D eigenvalue weighted by Gasteiger charge is 2.33. The number of hydrogen-bond acceptors (Lipinski definition) is 2. The molecular formula is C15H17F3N2OS. The van der Waals surface area contributed by atoms with Crippen LogP contribution in [0.15, 0.2) is 24.3 Å². The Balaban J connectivity index is 1.99. The van der Waals surface area contributed by atoms with E-state index in [4.69, 9.17) is 12.2 Å². The van der Waals surface area contributed by atoms with Gasteiger partial charge in [-0.25, -0.2) is 0 Å². The summed E-state index contributed by atoms with van der Waals surface area (Å²) in [4.78, 5) is 12.0. The molecule has 0 radical (unpaired) electrons. The Kier molecular flexibility index (Phi) is 5.39. The topological polar surface area (TPSA) is 41.1 Å². The van der Waals surface area contributed by atoms with E-state index in [-0.39, 0.29) is 22.6 Å². The van der Waals surface area contributed by atoms with Crippen molar-refractivity contribution in [3.05, 3.63) is 29.8 Å². The number of hydrogen-bond donors (Lipinski definition) is 2. The Labute approximate surface area is 132 Å². The van der Waals surface area contributed by atoms with Crippen LogP contribution in [0, 0.1) is 5.92 Å². The standard InChI is InChI=1S/C15H17F3N2OS/c16-15(17,18)11-8-4-5-9-12(11)19-14(22)20-13(21)10-6-2-1-3-7-10/h4-5,8-10H,1-3,6-7H2,(H2,19,20,21,22). The Morgan fingerprint density at radius 1 is 1.14 bits per heavy atom. The third-order valence-corrected chi connectivity index (χ3v) is 3.90. The summed E-state index contributed by atoms with van der Waals surface area (Å²) in [6, 6.07) is 5.02. The summed E-state index contributed by atoms with van der Waals surface area (Å²) in [7, 11) is 0. The van der Waals surface area contributed by atoms with Crippen molar-refractivity contribution in [2.45, 2.75) is 38.3 Å². The van der Waals surface area contributed by atoms with Crippen LogP contribution in [0.2, 0.25) is 0 Å². The predicted molar refractivity (Wildman–Crippen MR) is 82.4 cm³/mol. The summed E-state index contributed by atoms with van der Waals surface area (Å²) in [5, 5.41) is 4.85. The van der Waals surface area contributed by atoms with Crippen LogP contribution in [0.3, 0.4) is 0 Å². The van der Waals surface area contributed by atoms with E-state index in [0.29, 0.717) is 0 Å². The Morgan fingerprint density at radius 3 is 2.41 bits per heavy atom. The Hall–Kier alpha value is -1.63. The monoisotopic (exact) mass is 330 g/mol. The minimum atomic E-state index is -4.48. The van der Waals surface area contributed by atoms with Gasteiger partial charge >= 0.3 is 6.18 Å². The summed E-state index contributed by atoms with van der Waals surface area (Å²) >= 11 is 4.95. The lowest BCUT2D eigenvalue weighted by atomic mass is 9.89. The zero-order valence-corrected chi connectivity index (χ0v) is 12.7. The molecule has 0 heterocycles. The maximum atomic E-state index is 12.9. The van der Waals surface area contributed by atoms with Crippen molar-refractivity contribution in [1.29, 1.82) is 0 Å². The molecule has 0 atom stereocenters. The third-order valence-electron chi connectivity index (χ3n) is 3.69. The fraction of sp³-hybridized carbons (Fsp3) is 0.467. The van der Waals surface area contributed by atoms with Gasteiger partial charge in [0.1, 0.15) is 0 Å². The van der Waals surface area contributed by atoms with Crippen molar-refractivity contribution in [2.24, 2.45) is 5.92 Å². The van der Waals surface area contributed by atoms with E-state index in [1.807, 2.05) is 0 Å². The van der Waals surface area contributed by atoms with E-state index in [9.17, 15) is 18.0 Å². The van der Waals surface area contributed by atoms with Gasteiger partial charge in [-0.3, -0.25) is 4.79 Å². The van der Waals surface area contributed by atoms with Crippen molar-refractivity contribution in [3.63, 3.8) is 0 Å². The molecule has 0 spiro atoms. The number of halogens is 3. The van der Waals surface area contributed by atoms with Crippen molar-refractivity contribution >= 4 is 28.9 Å². The molecule has 2 N–H and O–H groups in total. The van der Waals surface area contributed by atoms with Crippen LogP contribution < -0.4 is 10.6 Å². The molecule has 7 heteroatoms. The number of para-hydroxylation sites is 1. The van der Waals surface area contributed by atoms with E-state index in [1.165, 1.54) is 18.2 Å². The molecule has 1 aliphatic carbocycles. The minimum Gasteiger partial charge on any atom is -0.332 e. The molecule has 0 aromatic heterocycles. The number of nitrogens with one attached hydrogen (secondary N) is 2. The number of benzene rings is 1. The fourth-order valence-electron chi connectivity index (χ4n) is 2.57. The molecule has 120 valence electrons. The molecule has 3 nitrogen and oxygen atoms in total. The second kappa shape index (κ2) is 7.09. The Morgan fingerprint density at radius 2 is 1.77 bits per heavy atom. The number of thiocarbonyl (C=S) groups is 1. The van der Waals surface area contributed by atoms with Gasteiger partial charge in [0, 0.05) is 5.92 Å². The third kappa shape index (κ3) is 4.43. The fourth-order valence-corrected chi connectivity index (χ4v) is 2.78. The van der Waals surface area contributed by atoms with Gasteiger partial charge < -0.3 is 10.6 Å².